The third-order valence-corrected chi connectivity index (χ3v) is 5.69. The molecule has 8 nitrogen and oxygen atoms in total. The molecular weight excluding hydrogens is 424 g/mol. The van der Waals surface area contributed by atoms with Gasteiger partial charge < -0.3 is 0 Å². The van der Waals surface area contributed by atoms with Gasteiger partial charge in [0, 0.05) is 29.6 Å². The quantitative estimate of drug-likeness (QED) is 0.377. The molecule has 1 N–H and O–H groups in total. The fraction of sp³-hybridized carbons (Fsp3) is 0.250. The van der Waals surface area contributed by atoms with Crippen molar-refractivity contribution in [3.63, 3.8) is 0 Å². The minimum absolute atomic E-state index is 0.153. The van der Waals surface area contributed by atoms with Gasteiger partial charge in [0.1, 0.15) is 11.6 Å². The van der Waals surface area contributed by atoms with Crippen molar-refractivity contribution in [3.05, 3.63) is 67.4 Å². The lowest BCUT2D eigenvalue weighted by Crippen LogP contribution is -2.25. The van der Waals surface area contributed by atoms with Gasteiger partial charge in [0.25, 0.3) is 11.1 Å². The minimum Gasteiger partial charge on any atom is -0.295 e. The fourth-order valence-corrected chi connectivity index (χ4v) is 4.21. The number of nitrogens with one attached hydrogen (secondary N) is 1. The Morgan fingerprint density at radius 1 is 1.27 bits per heavy atom. The molecule has 0 unspecified atom stereocenters. The molecule has 0 aliphatic heterocycles. The van der Waals surface area contributed by atoms with Gasteiger partial charge in [-0.15, -0.1) is 0 Å². The smallest absolute Gasteiger partial charge is 0.272 e. The van der Waals surface area contributed by atoms with E-state index in [0.717, 1.165) is 0 Å². The molecule has 0 amide bonds. The molecule has 4 rings (SSSR count). The number of aromatic nitrogens is 5. The van der Waals surface area contributed by atoms with Crippen LogP contribution in [0.5, 0.6) is 0 Å². The Morgan fingerprint density at radius 3 is 2.80 bits per heavy atom. The Labute approximate surface area is 180 Å². The second kappa shape index (κ2) is 7.97. The van der Waals surface area contributed by atoms with Gasteiger partial charge in [-0.2, -0.15) is 5.26 Å². The van der Waals surface area contributed by atoms with Gasteiger partial charge in [0.2, 0.25) is 0 Å². The van der Waals surface area contributed by atoms with Crippen LogP contribution in [-0.4, -0.2) is 24.1 Å². The predicted octanol–water partition coefficient (Wildman–Crippen LogP) is 3.21. The Bertz CT molecular complexity index is 1430. The van der Waals surface area contributed by atoms with Crippen molar-refractivity contribution < 1.29 is 0 Å². The van der Waals surface area contributed by atoms with Gasteiger partial charge in [-0.1, -0.05) is 37.2 Å². The zero-order valence-electron chi connectivity index (χ0n) is 16.2. The number of halogens is 1. The largest absolute Gasteiger partial charge is 0.295 e. The van der Waals surface area contributed by atoms with E-state index in [9.17, 15) is 14.9 Å². The molecule has 0 spiro atoms. The van der Waals surface area contributed by atoms with Crippen LogP contribution >= 0.6 is 23.4 Å². The van der Waals surface area contributed by atoms with Crippen molar-refractivity contribution in [3.8, 4) is 6.07 Å². The second-order valence-corrected chi connectivity index (χ2v) is 8.58. The maximum Gasteiger partial charge on any atom is 0.272 e. The number of fused-ring (bicyclic) bond motifs is 2. The third-order valence-electron chi connectivity index (χ3n) is 4.45. The Hall–Kier alpha value is -3.09. The van der Waals surface area contributed by atoms with Gasteiger partial charge in [0.05, 0.1) is 16.6 Å². The van der Waals surface area contributed by atoms with Crippen molar-refractivity contribution in [1.29, 1.82) is 5.26 Å². The van der Waals surface area contributed by atoms with E-state index >= 15 is 0 Å². The number of aromatic amines is 1. The molecule has 10 heteroatoms. The van der Waals surface area contributed by atoms with Crippen LogP contribution in [0.4, 0.5) is 0 Å². The first-order chi connectivity index (χ1) is 14.4. The average Bonchev–Trinajstić information content (AvgIpc) is 3.12. The lowest BCUT2D eigenvalue weighted by Gasteiger charge is -2.15. The molecule has 0 fully saturated rings. The summed E-state index contributed by atoms with van der Waals surface area (Å²) in [5, 5.41) is 13.4. The van der Waals surface area contributed by atoms with Crippen LogP contribution < -0.4 is 11.1 Å². The van der Waals surface area contributed by atoms with Crippen LogP contribution in [0.2, 0.25) is 5.02 Å². The van der Waals surface area contributed by atoms with Gasteiger partial charge in [-0.25, -0.2) is 14.5 Å². The molecule has 0 saturated heterocycles. The second-order valence-electron chi connectivity index (χ2n) is 7.20. The maximum atomic E-state index is 13.1. The van der Waals surface area contributed by atoms with Crippen LogP contribution in [0.1, 0.15) is 25.1 Å². The normalized spacial score (nSPS) is 11.4. The highest BCUT2D eigenvalue weighted by atomic mass is 35.5. The van der Waals surface area contributed by atoms with E-state index in [2.05, 4.69) is 15.1 Å². The summed E-state index contributed by atoms with van der Waals surface area (Å²) in [5.41, 5.74) is 1.17. The molecule has 3 aromatic heterocycles. The summed E-state index contributed by atoms with van der Waals surface area (Å²) in [6.45, 7) is 4.55. The summed E-state index contributed by atoms with van der Waals surface area (Å²) in [4.78, 5) is 34.4. The van der Waals surface area contributed by atoms with E-state index in [1.165, 1.54) is 28.5 Å². The Morgan fingerprint density at radius 2 is 2.07 bits per heavy atom. The van der Waals surface area contributed by atoms with Crippen molar-refractivity contribution >= 4 is 39.9 Å². The van der Waals surface area contributed by atoms with Crippen molar-refractivity contribution in [2.45, 2.75) is 31.3 Å². The molecule has 0 aliphatic rings. The van der Waals surface area contributed by atoms with E-state index in [4.69, 9.17) is 11.6 Å². The molecule has 0 aliphatic carbocycles. The van der Waals surface area contributed by atoms with E-state index in [1.807, 2.05) is 19.9 Å². The highest BCUT2D eigenvalue weighted by Crippen LogP contribution is 2.23. The van der Waals surface area contributed by atoms with E-state index < -0.39 is 0 Å². The lowest BCUT2D eigenvalue weighted by molar-refractivity contribution is 0.475. The van der Waals surface area contributed by atoms with Crippen LogP contribution in [0.3, 0.4) is 0 Å². The van der Waals surface area contributed by atoms with Crippen molar-refractivity contribution in [1.82, 2.24) is 24.1 Å². The molecule has 3 heterocycles. The van der Waals surface area contributed by atoms with Gasteiger partial charge in [-0.05, 0) is 24.1 Å². The first-order valence-corrected chi connectivity index (χ1v) is 10.6. The number of nitrogens with zero attached hydrogens (tertiary/aromatic N) is 5. The topological polar surface area (TPSA) is 109 Å². The zero-order chi connectivity index (χ0) is 21.4. The van der Waals surface area contributed by atoms with Crippen molar-refractivity contribution in [2.24, 2.45) is 5.92 Å². The van der Waals surface area contributed by atoms with Gasteiger partial charge >= 0.3 is 0 Å². The van der Waals surface area contributed by atoms with Crippen LogP contribution in [0.25, 0.3) is 16.6 Å². The first-order valence-electron chi connectivity index (χ1n) is 9.20. The summed E-state index contributed by atoms with van der Waals surface area (Å²) in [6, 6.07) is 8.46. The molecule has 0 atom stereocenters. The number of nitriles is 1. The van der Waals surface area contributed by atoms with Crippen molar-refractivity contribution in [2.75, 3.05) is 0 Å². The minimum atomic E-state index is -0.308. The standard InChI is InChI=1S/C20H17ClN6O2S/c1-11(2)9-26-19(29)15-5-13(21)3-4-16(15)25-20(26)30-10-14-6-17(28)27-18(24-14)12(7-22)8-23-27/h3-6,8,11,23H,9-10H2,1-2H3. The summed E-state index contributed by atoms with van der Waals surface area (Å²) in [7, 11) is 0. The average molecular weight is 441 g/mol. The van der Waals surface area contributed by atoms with E-state index in [0.29, 0.717) is 39.1 Å². The van der Waals surface area contributed by atoms with Gasteiger partial charge in [0.15, 0.2) is 10.8 Å². The predicted molar refractivity (Wildman–Crippen MR) is 116 cm³/mol. The van der Waals surface area contributed by atoms with Crippen LogP contribution in [-0.2, 0) is 12.3 Å². The van der Waals surface area contributed by atoms with E-state index in [1.54, 1.807) is 22.8 Å². The molecular formula is C20H17ClN6O2S. The molecule has 0 saturated carbocycles. The lowest BCUT2D eigenvalue weighted by atomic mass is 10.2. The first kappa shape index (κ1) is 20.2. The molecule has 1 aromatic carbocycles. The van der Waals surface area contributed by atoms with Crippen LogP contribution in [0, 0.1) is 17.2 Å². The van der Waals surface area contributed by atoms with Crippen LogP contribution in [0.15, 0.2) is 45.2 Å². The Kier molecular flexibility index (Phi) is 5.37. The summed E-state index contributed by atoms with van der Waals surface area (Å²) >= 11 is 7.38. The third kappa shape index (κ3) is 3.72. The SMILES string of the molecule is CC(C)Cn1c(SCc2cc(=O)n3[nH]cc(C#N)c3n2)nc2ccc(Cl)cc2c1=O. The molecule has 152 valence electrons. The number of rotatable bonds is 5. The summed E-state index contributed by atoms with van der Waals surface area (Å²) in [5.74, 6) is 0.559. The maximum absolute atomic E-state index is 13.1. The molecule has 0 radical (unpaired) electrons. The Balaban J connectivity index is 1.76. The zero-order valence-corrected chi connectivity index (χ0v) is 17.8. The highest BCUT2D eigenvalue weighted by Gasteiger charge is 2.15. The van der Waals surface area contributed by atoms with Gasteiger partial charge in [-0.3, -0.25) is 19.3 Å². The van der Waals surface area contributed by atoms with E-state index in [-0.39, 0.29) is 28.2 Å². The summed E-state index contributed by atoms with van der Waals surface area (Å²) < 4.78 is 2.86. The number of hydrogen-bond donors (Lipinski definition) is 1. The summed E-state index contributed by atoms with van der Waals surface area (Å²) in [6.07, 6.45) is 1.44. The number of H-pyrrole nitrogens is 1. The number of benzene rings is 1. The molecule has 30 heavy (non-hydrogen) atoms. The monoisotopic (exact) mass is 440 g/mol. The highest BCUT2D eigenvalue weighted by molar-refractivity contribution is 7.98. The number of hydrogen-bond acceptors (Lipinski definition) is 6. The number of thioether (sulfide) groups is 1. The molecule has 4 aromatic rings. The fourth-order valence-electron chi connectivity index (χ4n) is 3.13. The molecule has 0 bridgehead atoms.